The molecule has 5 heteroatoms. The fourth-order valence-corrected chi connectivity index (χ4v) is 6.30. The van der Waals surface area contributed by atoms with Crippen LogP contribution in [0.1, 0.15) is 82.4 Å². The molecule has 0 aliphatic carbocycles. The van der Waals surface area contributed by atoms with E-state index in [0.29, 0.717) is 5.75 Å². The Morgan fingerprint density at radius 2 is 1.24 bits per heavy atom. The highest BCUT2D eigenvalue weighted by Crippen LogP contribution is 2.48. The summed E-state index contributed by atoms with van der Waals surface area (Å²) < 4.78 is 24.4. The number of hydrogen-bond donors (Lipinski definition) is 1. The summed E-state index contributed by atoms with van der Waals surface area (Å²) in [5.74, 6) is 0.681. The molecule has 4 nitrogen and oxygen atoms in total. The van der Waals surface area contributed by atoms with Crippen molar-refractivity contribution in [1.29, 1.82) is 0 Å². The first-order valence-corrected chi connectivity index (χ1v) is 16.4. The van der Waals surface area contributed by atoms with Gasteiger partial charge in [0.25, 0.3) is 0 Å². The van der Waals surface area contributed by atoms with Gasteiger partial charge in [0.15, 0.2) is 0 Å². The van der Waals surface area contributed by atoms with Crippen LogP contribution in [0.5, 0.6) is 11.5 Å². The third kappa shape index (κ3) is 8.35. The lowest BCUT2D eigenvalue weighted by Gasteiger charge is -2.29. The molecule has 1 atom stereocenters. The summed E-state index contributed by atoms with van der Waals surface area (Å²) in [6.07, 6.45) is 9.03. The molecule has 41 heavy (non-hydrogen) atoms. The first-order valence-electron chi connectivity index (χ1n) is 14.9. The normalized spacial score (nSPS) is 13.0. The van der Waals surface area contributed by atoms with E-state index in [1.54, 1.807) is 30.3 Å². The van der Waals surface area contributed by atoms with E-state index in [4.69, 9.17) is 9.05 Å². The van der Waals surface area contributed by atoms with Crippen LogP contribution in [-0.2, 0) is 16.4 Å². The highest BCUT2D eigenvalue weighted by Gasteiger charge is 2.30. The molecule has 4 aromatic rings. The first-order chi connectivity index (χ1) is 19.8. The van der Waals surface area contributed by atoms with Gasteiger partial charge in [0.2, 0.25) is 0 Å². The summed E-state index contributed by atoms with van der Waals surface area (Å²) in [7, 11) is -4.42. The Kier molecular flexibility index (Phi) is 10.9. The molecule has 0 aliphatic heterocycles. The van der Waals surface area contributed by atoms with Gasteiger partial charge >= 0.3 is 7.82 Å². The molecule has 0 amide bonds. The molecule has 216 valence electrons. The highest BCUT2D eigenvalue weighted by molar-refractivity contribution is 7.48. The van der Waals surface area contributed by atoms with Gasteiger partial charge in [0.05, 0.1) is 0 Å². The lowest BCUT2D eigenvalue weighted by Crippen LogP contribution is -2.20. The minimum Gasteiger partial charge on any atom is -0.395 e. The van der Waals surface area contributed by atoms with Gasteiger partial charge in [-0.15, -0.1) is 0 Å². The second kappa shape index (κ2) is 14.5. The van der Waals surface area contributed by atoms with Gasteiger partial charge in [-0.2, -0.15) is 0 Å². The SMILES string of the molecule is CCCCCCCCCc1c(OP(=O)(O)Oc2ccccc2)cccc1-c1ccccc1C(C)(C)c1ccccc1. The summed E-state index contributed by atoms with van der Waals surface area (Å²) in [5.41, 5.74) is 5.22. The zero-order valence-electron chi connectivity index (χ0n) is 24.6. The topological polar surface area (TPSA) is 55.8 Å². The summed E-state index contributed by atoms with van der Waals surface area (Å²) >= 11 is 0. The van der Waals surface area contributed by atoms with Gasteiger partial charge in [-0.25, -0.2) is 4.57 Å². The number of phosphoric ester groups is 1. The molecule has 0 radical (unpaired) electrons. The van der Waals surface area contributed by atoms with Gasteiger partial charge in [-0.1, -0.05) is 144 Å². The number of benzene rings is 4. The lowest BCUT2D eigenvalue weighted by molar-refractivity contribution is 0.290. The zero-order chi connectivity index (χ0) is 29.1. The van der Waals surface area contributed by atoms with Gasteiger partial charge in [-0.05, 0) is 53.3 Å². The van der Waals surface area contributed by atoms with Crippen molar-refractivity contribution in [3.05, 3.63) is 120 Å². The van der Waals surface area contributed by atoms with Crippen molar-refractivity contribution in [2.24, 2.45) is 0 Å². The van der Waals surface area contributed by atoms with Crippen molar-refractivity contribution >= 4 is 7.82 Å². The van der Waals surface area contributed by atoms with E-state index in [2.05, 4.69) is 75.4 Å². The van der Waals surface area contributed by atoms with Crippen LogP contribution in [0, 0.1) is 0 Å². The second-order valence-electron chi connectivity index (χ2n) is 11.2. The van der Waals surface area contributed by atoms with Crippen molar-refractivity contribution in [3.8, 4) is 22.6 Å². The van der Waals surface area contributed by atoms with Crippen LogP contribution in [0.3, 0.4) is 0 Å². The Hall–Kier alpha value is -3.33. The van der Waals surface area contributed by atoms with Crippen LogP contribution >= 0.6 is 7.82 Å². The van der Waals surface area contributed by atoms with Crippen LogP contribution < -0.4 is 9.05 Å². The van der Waals surface area contributed by atoms with Crippen molar-refractivity contribution in [2.75, 3.05) is 0 Å². The van der Waals surface area contributed by atoms with E-state index in [1.807, 2.05) is 18.2 Å². The van der Waals surface area contributed by atoms with Crippen LogP contribution in [0.4, 0.5) is 0 Å². The van der Waals surface area contributed by atoms with Crippen LogP contribution in [0.15, 0.2) is 103 Å². The molecule has 1 unspecified atom stereocenters. The van der Waals surface area contributed by atoms with Gasteiger partial charge in [-0.3, -0.25) is 4.89 Å². The molecule has 4 rings (SSSR count). The number of unbranched alkanes of at least 4 members (excludes halogenated alkanes) is 6. The molecule has 0 aromatic heterocycles. The van der Waals surface area contributed by atoms with E-state index < -0.39 is 7.82 Å². The number of para-hydroxylation sites is 1. The highest BCUT2D eigenvalue weighted by atomic mass is 31.2. The van der Waals surface area contributed by atoms with Crippen molar-refractivity contribution in [3.63, 3.8) is 0 Å². The maximum Gasteiger partial charge on any atom is 0.584 e. The van der Waals surface area contributed by atoms with Crippen molar-refractivity contribution in [2.45, 2.75) is 77.6 Å². The van der Waals surface area contributed by atoms with E-state index >= 15 is 0 Å². The monoisotopic (exact) mass is 570 g/mol. The summed E-state index contributed by atoms with van der Waals surface area (Å²) in [4.78, 5) is 10.7. The van der Waals surface area contributed by atoms with E-state index in [1.165, 1.54) is 43.2 Å². The summed E-state index contributed by atoms with van der Waals surface area (Å²) in [5, 5.41) is 0. The van der Waals surface area contributed by atoms with E-state index in [0.717, 1.165) is 36.0 Å². The fraction of sp³-hybridized carbons (Fsp3) is 0.333. The fourth-order valence-electron chi connectivity index (χ4n) is 5.45. The van der Waals surface area contributed by atoms with Gasteiger partial charge in [0, 0.05) is 11.0 Å². The lowest BCUT2D eigenvalue weighted by atomic mass is 9.74. The predicted octanol–water partition coefficient (Wildman–Crippen LogP) is 10.5. The molecule has 0 spiro atoms. The Morgan fingerprint density at radius 3 is 1.95 bits per heavy atom. The molecule has 1 N–H and O–H groups in total. The van der Waals surface area contributed by atoms with Crippen molar-refractivity contribution in [1.82, 2.24) is 0 Å². The van der Waals surface area contributed by atoms with E-state index in [-0.39, 0.29) is 11.2 Å². The van der Waals surface area contributed by atoms with E-state index in [9.17, 15) is 9.46 Å². The maximum absolute atomic E-state index is 13.2. The van der Waals surface area contributed by atoms with Gasteiger partial charge < -0.3 is 9.05 Å². The minimum absolute atomic E-state index is 0.256. The van der Waals surface area contributed by atoms with Crippen LogP contribution in [0.2, 0.25) is 0 Å². The first kappa shape index (κ1) is 30.6. The number of hydrogen-bond acceptors (Lipinski definition) is 3. The molecule has 0 bridgehead atoms. The molecular formula is C36H43O4P. The minimum atomic E-state index is -4.42. The Bertz CT molecular complexity index is 1420. The summed E-state index contributed by atoms with van der Waals surface area (Å²) in [6, 6.07) is 33.4. The Morgan fingerprint density at radius 1 is 0.659 bits per heavy atom. The average molecular weight is 571 g/mol. The quantitative estimate of drug-likeness (QED) is 0.114. The third-order valence-corrected chi connectivity index (χ3v) is 8.60. The molecule has 0 heterocycles. The van der Waals surface area contributed by atoms with Crippen LogP contribution in [0.25, 0.3) is 11.1 Å². The number of phosphoric acid groups is 1. The zero-order valence-corrected chi connectivity index (χ0v) is 25.5. The number of rotatable bonds is 15. The van der Waals surface area contributed by atoms with Crippen molar-refractivity contribution < 1.29 is 18.5 Å². The molecule has 0 saturated carbocycles. The molecule has 0 fully saturated rings. The molecular weight excluding hydrogens is 527 g/mol. The molecule has 0 aliphatic rings. The predicted molar refractivity (Wildman–Crippen MR) is 170 cm³/mol. The largest absolute Gasteiger partial charge is 0.584 e. The molecule has 0 saturated heterocycles. The Balaban J connectivity index is 1.70. The second-order valence-corrected chi connectivity index (χ2v) is 12.5. The smallest absolute Gasteiger partial charge is 0.395 e. The Labute approximate surface area is 246 Å². The van der Waals surface area contributed by atoms with Gasteiger partial charge in [0.1, 0.15) is 11.5 Å². The van der Waals surface area contributed by atoms with Crippen LogP contribution in [-0.4, -0.2) is 4.89 Å². The molecule has 4 aromatic carbocycles. The third-order valence-electron chi connectivity index (χ3n) is 7.73. The maximum atomic E-state index is 13.2. The summed E-state index contributed by atoms with van der Waals surface area (Å²) in [6.45, 7) is 6.72. The average Bonchev–Trinajstić information content (AvgIpc) is 2.98. The standard InChI is InChI=1S/C36H43O4P/c1-4-5-6-7-8-9-16-25-33-31(26-19-28-35(33)40-41(37,38)39-30-22-14-11-15-23-30)32-24-17-18-27-34(32)36(2,3)29-20-12-10-13-21-29/h10-15,17-24,26-28H,4-9,16,25H2,1-3H3,(H,37,38).